The minimum atomic E-state index is -4.01. The summed E-state index contributed by atoms with van der Waals surface area (Å²) in [5.41, 5.74) is 15.1. The summed E-state index contributed by atoms with van der Waals surface area (Å²) in [6, 6.07) is 20.6. The molecule has 0 saturated carbocycles. The summed E-state index contributed by atoms with van der Waals surface area (Å²) in [6.45, 7) is 0.119. The number of guanidine groups is 1. The Morgan fingerprint density at radius 3 is 2.62 bits per heavy atom. The molecule has 11 nitrogen and oxygen atoms in total. The van der Waals surface area contributed by atoms with Crippen molar-refractivity contribution in [3.8, 4) is 17.2 Å². The van der Waals surface area contributed by atoms with Crippen LogP contribution in [0.4, 0.5) is 11.5 Å². The number of para-hydroxylation sites is 3. The van der Waals surface area contributed by atoms with Crippen LogP contribution in [0.3, 0.4) is 0 Å². The van der Waals surface area contributed by atoms with Gasteiger partial charge in [-0.3, -0.25) is 9.40 Å². The monoisotopic (exact) mass is 545 g/mol. The number of aliphatic imine (C=N–C) groups is 1. The van der Waals surface area contributed by atoms with Crippen molar-refractivity contribution in [3.05, 3.63) is 90.1 Å². The predicted molar refractivity (Wildman–Crippen MR) is 147 cm³/mol. The Morgan fingerprint density at radius 2 is 1.79 bits per heavy atom. The fraction of sp³-hybridized carbons (Fsp3) is 0.185. The van der Waals surface area contributed by atoms with Gasteiger partial charge in [0.15, 0.2) is 23.3 Å². The van der Waals surface area contributed by atoms with Crippen molar-refractivity contribution >= 4 is 27.5 Å². The first-order chi connectivity index (χ1) is 18.9. The van der Waals surface area contributed by atoms with E-state index >= 15 is 0 Å². The minimum absolute atomic E-state index is 0.0899. The maximum absolute atomic E-state index is 14.1. The molecule has 3 aromatic carbocycles. The third-order valence-corrected chi connectivity index (χ3v) is 8.71. The van der Waals surface area contributed by atoms with E-state index in [2.05, 4.69) is 15.2 Å². The molecule has 0 spiro atoms. The second kappa shape index (κ2) is 9.64. The number of methoxy groups -OCH3 is 1. The minimum Gasteiger partial charge on any atom is -0.493 e. The van der Waals surface area contributed by atoms with Crippen LogP contribution in [0.25, 0.3) is 0 Å². The number of nitrogens with two attached hydrogens (primary N) is 2. The molecular weight excluding hydrogens is 518 g/mol. The summed E-state index contributed by atoms with van der Waals surface area (Å²) < 4.78 is 41.0. The Kier molecular flexibility index (Phi) is 6.12. The fourth-order valence-corrected chi connectivity index (χ4v) is 6.65. The number of aromatic amines is 1. The highest BCUT2D eigenvalue weighted by Gasteiger charge is 2.40. The summed E-state index contributed by atoms with van der Waals surface area (Å²) in [7, 11) is -2.46. The Morgan fingerprint density at radius 1 is 1.03 bits per heavy atom. The number of hydrogen-bond acceptors (Lipinski definition) is 9. The van der Waals surface area contributed by atoms with Crippen LogP contribution >= 0.6 is 0 Å². The molecule has 2 aliphatic heterocycles. The Bertz CT molecular complexity index is 1670. The number of ether oxygens (including phenoxy) is 2. The van der Waals surface area contributed by atoms with E-state index in [0.717, 1.165) is 5.56 Å². The summed E-state index contributed by atoms with van der Waals surface area (Å²) in [5, 5.41) is 6.82. The predicted octanol–water partition coefficient (Wildman–Crippen LogP) is 3.25. The maximum atomic E-state index is 14.1. The van der Waals surface area contributed by atoms with Crippen LogP contribution in [-0.4, -0.2) is 49.2 Å². The first kappa shape index (κ1) is 24.8. The van der Waals surface area contributed by atoms with E-state index in [1.54, 1.807) is 54.6 Å². The largest absolute Gasteiger partial charge is 0.493 e. The van der Waals surface area contributed by atoms with Gasteiger partial charge in [-0.15, -0.1) is 0 Å². The van der Waals surface area contributed by atoms with E-state index in [0.29, 0.717) is 40.7 Å². The molecule has 6 rings (SSSR count). The van der Waals surface area contributed by atoms with Gasteiger partial charge < -0.3 is 25.8 Å². The molecular formula is C27H27N7O4S. The number of aromatic nitrogens is 2. The first-order valence-electron chi connectivity index (χ1n) is 12.3. The number of fused-ring (bicyclic) bond motifs is 2. The van der Waals surface area contributed by atoms with E-state index in [1.165, 1.54) is 10.4 Å². The quantitative estimate of drug-likeness (QED) is 0.334. The molecule has 0 amide bonds. The smallest absolute Gasteiger partial charge is 0.264 e. The summed E-state index contributed by atoms with van der Waals surface area (Å²) in [6.07, 6.45) is 1.52. The van der Waals surface area contributed by atoms with Gasteiger partial charge in [0.2, 0.25) is 0 Å². The first-order valence-corrected chi connectivity index (χ1v) is 13.7. The molecule has 0 fully saturated rings. The van der Waals surface area contributed by atoms with Crippen molar-refractivity contribution in [1.29, 1.82) is 0 Å². The van der Waals surface area contributed by atoms with Gasteiger partial charge in [0, 0.05) is 6.07 Å². The van der Waals surface area contributed by atoms with Crippen molar-refractivity contribution in [2.24, 2.45) is 16.5 Å². The molecule has 3 heterocycles. The number of H-pyrrole nitrogens is 1. The summed E-state index contributed by atoms with van der Waals surface area (Å²) in [4.78, 5) is 6.26. The van der Waals surface area contributed by atoms with Gasteiger partial charge in [0.05, 0.1) is 42.0 Å². The number of rotatable bonds is 6. The van der Waals surface area contributed by atoms with Gasteiger partial charge in [-0.1, -0.05) is 36.4 Å². The highest BCUT2D eigenvalue weighted by Crippen LogP contribution is 2.38. The van der Waals surface area contributed by atoms with Crippen LogP contribution in [0.5, 0.6) is 17.2 Å². The van der Waals surface area contributed by atoms with Crippen LogP contribution in [0.2, 0.25) is 0 Å². The average molecular weight is 546 g/mol. The zero-order valence-electron chi connectivity index (χ0n) is 21.1. The SMILES string of the molecule is COc1ccccc1Oc1cccc(S(=O)(=O)N2CC(N3C(N)=Nc4[nH]ncc4C3N)Cc3ccccc32)c1. The molecule has 200 valence electrons. The van der Waals surface area contributed by atoms with Crippen LogP contribution in [0, 0.1) is 0 Å². The molecule has 0 saturated heterocycles. The van der Waals surface area contributed by atoms with E-state index in [1.807, 2.05) is 30.3 Å². The lowest BCUT2D eigenvalue weighted by Crippen LogP contribution is -2.57. The second-order valence-electron chi connectivity index (χ2n) is 9.25. The average Bonchev–Trinajstić information content (AvgIpc) is 3.42. The molecule has 4 aromatic rings. The van der Waals surface area contributed by atoms with Crippen molar-refractivity contribution < 1.29 is 17.9 Å². The number of nitrogens with one attached hydrogen (secondary N) is 1. The van der Waals surface area contributed by atoms with Gasteiger partial charge in [-0.25, -0.2) is 8.42 Å². The lowest BCUT2D eigenvalue weighted by atomic mass is 9.97. The highest BCUT2D eigenvalue weighted by atomic mass is 32.2. The lowest BCUT2D eigenvalue weighted by molar-refractivity contribution is 0.233. The molecule has 0 radical (unpaired) electrons. The Labute approximate surface area is 225 Å². The third-order valence-electron chi connectivity index (χ3n) is 6.93. The zero-order valence-corrected chi connectivity index (χ0v) is 21.9. The number of nitrogens with zero attached hydrogens (tertiary/aromatic N) is 4. The second-order valence-corrected chi connectivity index (χ2v) is 11.1. The molecule has 0 bridgehead atoms. The molecule has 2 atom stereocenters. The van der Waals surface area contributed by atoms with Crippen LogP contribution in [-0.2, 0) is 16.4 Å². The molecule has 2 aliphatic rings. The fourth-order valence-electron chi connectivity index (χ4n) is 5.08. The molecule has 1 aromatic heterocycles. The molecule has 39 heavy (non-hydrogen) atoms. The van der Waals surface area contributed by atoms with Gasteiger partial charge in [-0.05, 0) is 42.3 Å². The normalized spacial score (nSPS) is 18.7. The van der Waals surface area contributed by atoms with Crippen LogP contribution in [0.1, 0.15) is 17.3 Å². The molecule has 2 unspecified atom stereocenters. The van der Waals surface area contributed by atoms with Crippen LogP contribution in [0.15, 0.2) is 88.9 Å². The third kappa shape index (κ3) is 4.33. The summed E-state index contributed by atoms with van der Waals surface area (Å²) in [5.74, 6) is 2.09. The number of benzene rings is 3. The topological polar surface area (TPSA) is 152 Å². The van der Waals surface area contributed by atoms with E-state index < -0.39 is 16.2 Å². The molecule has 0 aliphatic carbocycles. The van der Waals surface area contributed by atoms with Crippen molar-refractivity contribution in [2.45, 2.75) is 23.5 Å². The van der Waals surface area contributed by atoms with Gasteiger partial charge in [-0.2, -0.15) is 10.1 Å². The lowest BCUT2D eigenvalue weighted by Gasteiger charge is -2.44. The highest BCUT2D eigenvalue weighted by molar-refractivity contribution is 7.92. The summed E-state index contributed by atoms with van der Waals surface area (Å²) >= 11 is 0. The number of sulfonamides is 1. The standard InChI is InChI=1S/C27H27N7O4S/c1-37-23-11-4-5-12-24(23)38-19-8-6-9-20(14-19)39(35,36)33-16-18(13-17-7-2-3-10-22(17)33)34-25(28)21-15-30-32-26(21)31-27(34)29/h2-12,14-15,18,25H,13,16,28H2,1H3,(H3,29,30,31,32). The number of hydrogen-bond donors (Lipinski definition) is 3. The van der Waals surface area contributed by atoms with Crippen molar-refractivity contribution in [2.75, 3.05) is 18.0 Å². The van der Waals surface area contributed by atoms with E-state index in [4.69, 9.17) is 20.9 Å². The van der Waals surface area contributed by atoms with E-state index in [-0.39, 0.29) is 23.4 Å². The van der Waals surface area contributed by atoms with Gasteiger partial charge in [0.1, 0.15) is 11.9 Å². The molecule has 12 heteroatoms. The van der Waals surface area contributed by atoms with Gasteiger partial charge >= 0.3 is 0 Å². The van der Waals surface area contributed by atoms with Gasteiger partial charge in [0.25, 0.3) is 10.0 Å². The van der Waals surface area contributed by atoms with Crippen molar-refractivity contribution in [3.63, 3.8) is 0 Å². The number of anilines is 1. The Balaban J connectivity index is 1.35. The molecule has 5 N–H and O–H groups in total. The zero-order chi connectivity index (χ0) is 27.1. The Hall–Kier alpha value is -4.55. The maximum Gasteiger partial charge on any atom is 0.264 e. The van der Waals surface area contributed by atoms with E-state index in [9.17, 15) is 8.42 Å². The van der Waals surface area contributed by atoms with Crippen molar-refractivity contribution in [1.82, 2.24) is 15.1 Å². The van der Waals surface area contributed by atoms with Crippen LogP contribution < -0.4 is 25.2 Å².